The number of benzene rings is 1. The van der Waals surface area contributed by atoms with Crippen molar-refractivity contribution in [1.82, 2.24) is 0 Å². The first-order chi connectivity index (χ1) is 6.20. The van der Waals surface area contributed by atoms with Crippen LogP contribution in [0.3, 0.4) is 0 Å². The number of rotatable bonds is 2. The molecule has 0 aliphatic carbocycles. The van der Waals surface area contributed by atoms with Crippen LogP contribution in [0.2, 0.25) is 0 Å². The van der Waals surface area contributed by atoms with E-state index >= 15 is 0 Å². The van der Waals surface area contributed by atoms with Crippen molar-refractivity contribution in [3.8, 4) is 0 Å². The number of carbonyl (C=O) groups excluding carboxylic acids is 1. The van der Waals surface area contributed by atoms with E-state index in [4.69, 9.17) is 9.90 Å². The van der Waals surface area contributed by atoms with Gasteiger partial charge in [-0.2, -0.15) is 0 Å². The second kappa shape index (κ2) is 10.3. The molecule has 0 aliphatic rings. The summed E-state index contributed by atoms with van der Waals surface area (Å²) in [5.74, 6) is -1.23. The van der Waals surface area contributed by atoms with Crippen LogP contribution in [0.25, 0.3) is 6.08 Å². The molecule has 0 bridgehead atoms. The van der Waals surface area contributed by atoms with Crippen LogP contribution in [0, 0.1) is 0 Å². The van der Waals surface area contributed by atoms with E-state index in [0.717, 1.165) is 6.08 Å². The maximum Gasteiger partial charge on any atom is 1.00 e. The molecule has 14 heavy (non-hydrogen) atoms. The predicted molar refractivity (Wildman–Crippen MR) is 51.7 cm³/mol. The molecule has 0 aliphatic heterocycles. The fraction of sp³-hybridized carbons (Fsp3) is 0. The summed E-state index contributed by atoms with van der Waals surface area (Å²) in [6, 6.07) is 10.0. The van der Waals surface area contributed by atoms with Crippen molar-refractivity contribution in [1.29, 1.82) is 0 Å². The molecule has 1 aromatic rings. The Morgan fingerprint density at radius 3 is 1.86 bits per heavy atom. The Morgan fingerprint density at radius 1 is 1.21 bits per heavy atom. The van der Waals surface area contributed by atoms with E-state index in [2.05, 4.69) is 13.2 Å². The molecule has 0 N–H and O–H groups in total. The molecule has 68 valence electrons. The van der Waals surface area contributed by atoms with Crippen LogP contribution in [0.1, 0.15) is 5.56 Å². The van der Waals surface area contributed by atoms with Gasteiger partial charge >= 0.3 is 29.6 Å². The second-order valence-corrected chi connectivity index (χ2v) is 2.14. The number of carbonyl (C=O) groups is 1. The molecular weight excluding hydrogens is 187 g/mol. The minimum Gasteiger partial charge on any atom is -0.545 e. The molecule has 0 aromatic heterocycles. The van der Waals surface area contributed by atoms with Crippen LogP contribution in [0.5, 0.6) is 0 Å². The Hall–Kier alpha value is -0.830. The van der Waals surface area contributed by atoms with Gasteiger partial charge in [0.2, 0.25) is 0 Å². The average Bonchev–Trinajstić information content (AvgIpc) is 2.20. The van der Waals surface area contributed by atoms with E-state index in [1.165, 1.54) is 5.56 Å². The summed E-state index contributed by atoms with van der Waals surface area (Å²) in [5.41, 5.74) is 1.17. The zero-order valence-corrected chi connectivity index (χ0v) is 10.3. The van der Waals surface area contributed by atoms with Crippen molar-refractivity contribution in [2.75, 3.05) is 0 Å². The molecule has 3 heteroatoms. The monoisotopic (exact) mass is 198 g/mol. The maximum atomic E-state index is 9.14. The van der Waals surface area contributed by atoms with Crippen molar-refractivity contribution in [3.63, 3.8) is 0 Å². The van der Waals surface area contributed by atoms with Gasteiger partial charge in [0, 0.05) is 0 Å². The average molecular weight is 198 g/mol. The van der Waals surface area contributed by atoms with Gasteiger partial charge in [0.15, 0.2) is 0 Å². The Bertz CT molecular complexity index is 281. The largest absolute Gasteiger partial charge is 1.00 e. The molecule has 0 radical (unpaired) electrons. The first kappa shape index (κ1) is 15.6. The van der Waals surface area contributed by atoms with Gasteiger partial charge in [0.1, 0.15) is 0 Å². The number of carboxylic acid groups (broad SMARTS) is 1. The fourth-order valence-electron chi connectivity index (χ4n) is 0.589. The second-order valence-electron chi connectivity index (χ2n) is 2.14. The number of hydrogen-bond acceptors (Lipinski definition) is 2. The van der Waals surface area contributed by atoms with Crippen molar-refractivity contribution in [2.24, 2.45) is 0 Å². The van der Waals surface area contributed by atoms with Crippen molar-refractivity contribution in [2.45, 2.75) is 0 Å². The number of hydrogen-bond donors (Lipinski definition) is 0. The number of aliphatic carboxylic acids is 1. The van der Waals surface area contributed by atoms with Crippen LogP contribution in [-0.2, 0) is 4.79 Å². The first-order valence-electron chi connectivity index (χ1n) is 3.71. The van der Waals surface area contributed by atoms with Gasteiger partial charge < -0.3 is 9.90 Å². The van der Waals surface area contributed by atoms with Crippen LogP contribution >= 0.6 is 0 Å². The van der Waals surface area contributed by atoms with E-state index in [9.17, 15) is 0 Å². The summed E-state index contributed by atoms with van der Waals surface area (Å²) in [4.78, 5) is 9.14. The molecule has 0 atom stereocenters. The topological polar surface area (TPSA) is 40.1 Å². The molecule has 0 saturated heterocycles. The Balaban J connectivity index is 0. The maximum absolute atomic E-state index is 9.14. The fourth-order valence-corrected chi connectivity index (χ4v) is 0.589. The van der Waals surface area contributed by atoms with Gasteiger partial charge in [-0.05, 0) is 11.6 Å². The minimum absolute atomic E-state index is 0. The summed E-state index contributed by atoms with van der Waals surface area (Å²) < 4.78 is 0. The van der Waals surface area contributed by atoms with Gasteiger partial charge in [-0.3, -0.25) is 0 Å². The van der Waals surface area contributed by atoms with Crippen molar-refractivity contribution >= 4 is 12.0 Å². The summed E-state index contributed by atoms with van der Waals surface area (Å²) in [7, 11) is 0. The third-order valence-electron chi connectivity index (χ3n) is 1.20. The Morgan fingerprint density at radius 2 is 1.64 bits per heavy atom. The van der Waals surface area contributed by atoms with Crippen LogP contribution in [0.4, 0.5) is 0 Å². The van der Waals surface area contributed by atoms with E-state index < -0.39 is 5.97 Å². The van der Waals surface area contributed by atoms with E-state index in [-0.39, 0.29) is 29.6 Å². The van der Waals surface area contributed by atoms with Crippen molar-refractivity contribution in [3.05, 3.63) is 55.1 Å². The minimum atomic E-state index is -1.23. The molecule has 0 unspecified atom stereocenters. The molecule has 0 heterocycles. The molecule has 1 aromatic carbocycles. The molecule has 0 saturated carbocycles. The summed E-state index contributed by atoms with van der Waals surface area (Å²) in [6.07, 6.45) is 2.56. The molecule has 0 fully saturated rings. The predicted octanol–water partition coefficient (Wildman–Crippen LogP) is -1.74. The Kier molecular flexibility index (Phi) is 11.4. The van der Waals surface area contributed by atoms with E-state index in [0.29, 0.717) is 0 Å². The summed E-state index contributed by atoms with van der Waals surface area (Å²) in [5, 5.41) is 9.14. The molecule has 0 spiro atoms. The van der Waals surface area contributed by atoms with Crippen molar-refractivity contribution < 1.29 is 39.5 Å². The normalized spacial score (nSPS) is 7.14. The zero-order chi connectivity index (χ0) is 10.1. The zero-order valence-electron chi connectivity index (χ0n) is 8.27. The smallest absolute Gasteiger partial charge is 0.545 e. The standard InChI is InChI=1S/C8H8.C3H4O2.Na/c1-2-8-6-4-3-5-7-8;1-2-3(4)5;/h2-7H,1H2;2H,1H2,(H,4,5);/q;;+1/p-1. The van der Waals surface area contributed by atoms with E-state index in [1.807, 2.05) is 36.4 Å². The van der Waals surface area contributed by atoms with Gasteiger partial charge in [0.05, 0.1) is 5.97 Å². The summed E-state index contributed by atoms with van der Waals surface area (Å²) in [6.45, 7) is 6.53. The van der Waals surface area contributed by atoms with Crippen LogP contribution < -0.4 is 34.7 Å². The molecule has 0 amide bonds. The van der Waals surface area contributed by atoms with Gasteiger partial charge in [-0.25, -0.2) is 0 Å². The third kappa shape index (κ3) is 9.26. The van der Waals surface area contributed by atoms with Gasteiger partial charge in [0.25, 0.3) is 0 Å². The van der Waals surface area contributed by atoms with Crippen LogP contribution in [0.15, 0.2) is 49.6 Å². The Labute approximate surface area is 106 Å². The third-order valence-corrected chi connectivity index (χ3v) is 1.20. The molecule has 2 nitrogen and oxygen atoms in total. The quantitative estimate of drug-likeness (QED) is 0.418. The van der Waals surface area contributed by atoms with Gasteiger partial charge in [-0.15, -0.1) is 0 Å². The number of carboxylic acids is 1. The van der Waals surface area contributed by atoms with Gasteiger partial charge in [-0.1, -0.05) is 49.6 Å². The SMILES string of the molecule is C=CC(=O)[O-].C=Cc1ccccc1.[Na+]. The summed E-state index contributed by atoms with van der Waals surface area (Å²) >= 11 is 0. The first-order valence-corrected chi connectivity index (χ1v) is 3.71. The molecular formula is C11H11NaO2. The molecule has 1 rings (SSSR count). The van der Waals surface area contributed by atoms with Crippen LogP contribution in [-0.4, -0.2) is 5.97 Å². The van der Waals surface area contributed by atoms with E-state index in [1.54, 1.807) is 0 Å².